The Hall–Kier alpha value is -2.25. The van der Waals surface area contributed by atoms with Crippen LogP contribution in [0.25, 0.3) is 0 Å². The summed E-state index contributed by atoms with van der Waals surface area (Å²) in [5, 5.41) is 7.03. The highest BCUT2D eigenvalue weighted by Gasteiger charge is 2.46. The molecule has 2 aliphatic heterocycles. The zero-order chi connectivity index (χ0) is 18.0. The summed E-state index contributed by atoms with van der Waals surface area (Å²) in [5.74, 6) is 0.314. The average Bonchev–Trinajstić information content (AvgIpc) is 3.07. The van der Waals surface area contributed by atoms with Crippen molar-refractivity contribution in [1.29, 1.82) is 0 Å². The van der Waals surface area contributed by atoms with Gasteiger partial charge in [0.1, 0.15) is 0 Å². The zero-order valence-corrected chi connectivity index (χ0v) is 15.1. The third-order valence-electron chi connectivity index (χ3n) is 5.29. The molecule has 7 heteroatoms. The molecule has 2 aliphatic rings. The first-order valence-electron chi connectivity index (χ1n) is 9.15. The Bertz CT molecular complexity index is 744. The quantitative estimate of drug-likeness (QED) is 0.873. The van der Waals surface area contributed by atoms with Crippen LogP contribution in [0.15, 0.2) is 36.8 Å². The van der Waals surface area contributed by atoms with Crippen LogP contribution in [0.1, 0.15) is 28.9 Å². The predicted molar refractivity (Wildman–Crippen MR) is 96.5 cm³/mol. The Morgan fingerprint density at radius 3 is 2.96 bits per heavy atom. The standard InChI is InChI=1S/C19H25N5O2/c1-23-10-16(9-22-23)18(25)21-8-15-5-6-19(26-12-15)13-24(14-19)11-17-4-2-3-7-20-17/h2-4,7,9-10,15H,5-6,8,11-14H2,1H3,(H,21,25)/t15-/m1/s1. The molecule has 2 aromatic rings. The first kappa shape index (κ1) is 17.2. The molecule has 138 valence electrons. The Morgan fingerprint density at radius 2 is 2.31 bits per heavy atom. The van der Waals surface area contributed by atoms with Gasteiger partial charge in [-0.3, -0.25) is 19.4 Å². The molecular weight excluding hydrogens is 330 g/mol. The number of pyridine rings is 1. The summed E-state index contributed by atoms with van der Waals surface area (Å²) >= 11 is 0. The van der Waals surface area contributed by atoms with E-state index in [-0.39, 0.29) is 11.5 Å². The Balaban J connectivity index is 1.18. The lowest BCUT2D eigenvalue weighted by Crippen LogP contribution is -2.64. The maximum atomic E-state index is 12.1. The number of hydrogen-bond acceptors (Lipinski definition) is 5. The molecule has 4 heterocycles. The highest BCUT2D eigenvalue weighted by molar-refractivity contribution is 5.93. The van der Waals surface area contributed by atoms with Gasteiger partial charge in [0.25, 0.3) is 5.91 Å². The second kappa shape index (κ2) is 7.17. The number of rotatable bonds is 5. The first-order valence-corrected chi connectivity index (χ1v) is 9.15. The SMILES string of the molecule is Cn1cc(C(=O)NC[C@H]2CCC3(CN(Cc4ccccn4)C3)OC2)cn1. The Labute approximate surface area is 153 Å². The fraction of sp³-hybridized carbons (Fsp3) is 0.526. The number of nitrogens with one attached hydrogen (secondary N) is 1. The molecule has 0 radical (unpaired) electrons. The van der Waals surface area contributed by atoms with Gasteiger partial charge in [0.15, 0.2) is 0 Å². The summed E-state index contributed by atoms with van der Waals surface area (Å²) in [6.45, 7) is 4.19. The molecule has 1 spiro atoms. The fourth-order valence-electron chi connectivity index (χ4n) is 3.81. The number of carbonyl (C=O) groups is 1. The van der Waals surface area contributed by atoms with E-state index in [9.17, 15) is 4.79 Å². The summed E-state index contributed by atoms with van der Waals surface area (Å²) in [6, 6.07) is 6.03. The topological polar surface area (TPSA) is 72.3 Å². The fourth-order valence-corrected chi connectivity index (χ4v) is 3.81. The largest absolute Gasteiger partial charge is 0.372 e. The molecular formula is C19H25N5O2. The summed E-state index contributed by atoms with van der Waals surface area (Å²) in [6.07, 6.45) is 7.30. The molecule has 7 nitrogen and oxygen atoms in total. The molecule has 0 aliphatic carbocycles. The van der Waals surface area contributed by atoms with E-state index in [1.807, 2.05) is 18.3 Å². The van der Waals surface area contributed by atoms with Crippen molar-refractivity contribution in [3.8, 4) is 0 Å². The lowest BCUT2D eigenvalue weighted by atomic mass is 9.83. The van der Waals surface area contributed by atoms with Crippen molar-refractivity contribution in [3.05, 3.63) is 48.0 Å². The van der Waals surface area contributed by atoms with Gasteiger partial charge in [-0.25, -0.2) is 0 Å². The van der Waals surface area contributed by atoms with E-state index in [1.165, 1.54) is 0 Å². The van der Waals surface area contributed by atoms with Crippen LogP contribution in [0.2, 0.25) is 0 Å². The zero-order valence-electron chi connectivity index (χ0n) is 15.1. The monoisotopic (exact) mass is 355 g/mol. The second-order valence-electron chi connectivity index (χ2n) is 7.48. The van der Waals surface area contributed by atoms with Gasteiger partial charge >= 0.3 is 0 Å². The molecule has 0 bridgehead atoms. The number of ether oxygens (including phenoxy) is 1. The van der Waals surface area contributed by atoms with E-state index in [2.05, 4.69) is 26.4 Å². The molecule has 4 rings (SSSR count). The van der Waals surface area contributed by atoms with Gasteiger partial charge in [0, 0.05) is 45.6 Å². The van der Waals surface area contributed by atoms with Crippen molar-refractivity contribution in [2.45, 2.75) is 25.0 Å². The molecule has 0 aromatic carbocycles. The van der Waals surface area contributed by atoms with Crippen LogP contribution in [0.4, 0.5) is 0 Å². The van der Waals surface area contributed by atoms with Crippen LogP contribution in [-0.2, 0) is 18.3 Å². The van der Waals surface area contributed by atoms with Crippen LogP contribution >= 0.6 is 0 Å². The molecule has 0 saturated carbocycles. The number of nitrogens with zero attached hydrogens (tertiary/aromatic N) is 4. The van der Waals surface area contributed by atoms with Crippen molar-refractivity contribution in [3.63, 3.8) is 0 Å². The molecule has 2 fully saturated rings. The maximum Gasteiger partial charge on any atom is 0.254 e. The number of aryl methyl sites for hydroxylation is 1. The summed E-state index contributed by atoms with van der Waals surface area (Å²) in [7, 11) is 1.81. The number of carbonyl (C=O) groups excluding carboxylic acids is 1. The van der Waals surface area contributed by atoms with Crippen LogP contribution < -0.4 is 5.32 Å². The average molecular weight is 355 g/mol. The summed E-state index contributed by atoms with van der Waals surface area (Å²) in [4.78, 5) is 18.9. The molecule has 2 saturated heterocycles. The van der Waals surface area contributed by atoms with Gasteiger partial charge in [-0.2, -0.15) is 5.10 Å². The minimum atomic E-state index is -0.0661. The van der Waals surface area contributed by atoms with Gasteiger partial charge in [0.05, 0.1) is 29.7 Å². The van der Waals surface area contributed by atoms with E-state index in [1.54, 1.807) is 24.1 Å². The van der Waals surface area contributed by atoms with Crippen molar-refractivity contribution >= 4 is 5.91 Å². The lowest BCUT2D eigenvalue weighted by molar-refractivity contribution is -0.181. The van der Waals surface area contributed by atoms with Crippen molar-refractivity contribution in [2.75, 3.05) is 26.2 Å². The number of likely N-dealkylation sites (tertiary alicyclic amines) is 1. The Kier molecular flexibility index (Phi) is 4.74. The van der Waals surface area contributed by atoms with E-state index in [0.29, 0.717) is 24.6 Å². The molecule has 0 unspecified atom stereocenters. The molecule has 2 aromatic heterocycles. The Morgan fingerprint density at radius 1 is 1.42 bits per heavy atom. The molecule has 1 N–H and O–H groups in total. The lowest BCUT2D eigenvalue weighted by Gasteiger charge is -2.52. The third kappa shape index (κ3) is 3.78. The second-order valence-corrected chi connectivity index (χ2v) is 7.48. The van der Waals surface area contributed by atoms with Crippen molar-refractivity contribution in [2.24, 2.45) is 13.0 Å². The third-order valence-corrected chi connectivity index (χ3v) is 5.29. The minimum absolute atomic E-state index is 0.0125. The van der Waals surface area contributed by atoms with E-state index >= 15 is 0 Å². The highest BCUT2D eigenvalue weighted by Crippen LogP contribution is 2.36. The van der Waals surface area contributed by atoms with Gasteiger partial charge in [-0.15, -0.1) is 0 Å². The summed E-state index contributed by atoms with van der Waals surface area (Å²) < 4.78 is 7.83. The summed E-state index contributed by atoms with van der Waals surface area (Å²) in [5.41, 5.74) is 1.72. The number of aromatic nitrogens is 3. The van der Waals surface area contributed by atoms with Crippen molar-refractivity contribution in [1.82, 2.24) is 25.0 Å². The predicted octanol–water partition coefficient (Wildman–Crippen LogP) is 1.23. The smallest absolute Gasteiger partial charge is 0.254 e. The van der Waals surface area contributed by atoms with Crippen LogP contribution in [-0.4, -0.2) is 57.4 Å². The van der Waals surface area contributed by atoms with E-state index in [4.69, 9.17) is 4.74 Å². The molecule has 26 heavy (non-hydrogen) atoms. The van der Waals surface area contributed by atoms with Crippen molar-refractivity contribution < 1.29 is 9.53 Å². The number of amides is 1. The van der Waals surface area contributed by atoms with Gasteiger partial charge in [-0.05, 0) is 30.9 Å². The van der Waals surface area contributed by atoms with Gasteiger partial charge < -0.3 is 10.1 Å². The normalized spacial score (nSPS) is 22.1. The maximum absolute atomic E-state index is 12.1. The van der Waals surface area contributed by atoms with Crippen LogP contribution in [0.5, 0.6) is 0 Å². The highest BCUT2D eigenvalue weighted by atomic mass is 16.5. The van der Waals surface area contributed by atoms with Gasteiger partial charge in [0.2, 0.25) is 0 Å². The molecule has 1 amide bonds. The van der Waals surface area contributed by atoms with Gasteiger partial charge in [-0.1, -0.05) is 6.07 Å². The van der Waals surface area contributed by atoms with E-state index in [0.717, 1.165) is 38.2 Å². The number of hydrogen-bond donors (Lipinski definition) is 1. The van der Waals surface area contributed by atoms with E-state index < -0.39 is 0 Å². The first-order chi connectivity index (χ1) is 12.6. The van der Waals surface area contributed by atoms with Crippen LogP contribution in [0.3, 0.4) is 0 Å². The minimum Gasteiger partial charge on any atom is -0.372 e. The van der Waals surface area contributed by atoms with Crippen LogP contribution in [0, 0.1) is 5.92 Å². The molecule has 1 atom stereocenters.